The molecule has 1 saturated heterocycles. The molecule has 4 heteroatoms. The van der Waals surface area contributed by atoms with Crippen LogP contribution in [0.1, 0.15) is 34.4 Å². The van der Waals surface area contributed by atoms with E-state index in [1.807, 2.05) is 17.8 Å². The zero-order chi connectivity index (χ0) is 16.2. The maximum atomic E-state index is 11.7. The summed E-state index contributed by atoms with van der Waals surface area (Å²) >= 11 is 1.83. The van der Waals surface area contributed by atoms with Crippen LogP contribution in [0.15, 0.2) is 54.6 Å². The van der Waals surface area contributed by atoms with Gasteiger partial charge >= 0.3 is 0 Å². The number of rotatable bonds is 5. The van der Waals surface area contributed by atoms with Crippen LogP contribution in [0.25, 0.3) is 0 Å². The lowest BCUT2D eigenvalue weighted by molar-refractivity contribution is -0.117. The summed E-state index contributed by atoms with van der Waals surface area (Å²) in [5.41, 5.74) is 9.28. The summed E-state index contributed by atoms with van der Waals surface area (Å²) in [5, 5.41) is 4.04. The number of thioether (sulfide) groups is 1. The fraction of sp³-hybridized carbons (Fsp3) is 0.316. The molecule has 0 aromatic heterocycles. The monoisotopic (exact) mass is 326 g/mol. The molecule has 0 saturated carbocycles. The zero-order valence-corrected chi connectivity index (χ0v) is 14.1. The first-order valence-corrected chi connectivity index (χ1v) is 8.86. The van der Waals surface area contributed by atoms with Crippen LogP contribution in [0.3, 0.4) is 0 Å². The summed E-state index contributed by atoms with van der Waals surface area (Å²) in [4.78, 5) is 11.7. The first-order valence-electron chi connectivity index (χ1n) is 7.92. The molecule has 3 rings (SSSR count). The summed E-state index contributed by atoms with van der Waals surface area (Å²) in [6, 6.07) is 19.3. The van der Waals surface area contributed by atoms with Gasteiger partial charge in [-0.25, -0.2) is 0 Å². The molecule has 0 aliphatic carbocycles. The smallest absolute Gasteiger partial charge is 0.148 e. The molecule has 3 N–H and O–H groups in total. The molecule has 1 aliphatic rings. The van der Waals surface area contributed by atoms with E-state index >= 15 is 0 Å². The van der Waals surface area contributed by atoms with Crippen molar-refractivity contribution in [2.45, 2.75) is 30.0 Å². The minimum absolute atomic E-state index is 0.103. The number of aryl methyl sites for hydroxylation is 1. The lowest BCUT2D eigenvalue weighted by atomic mass is 9.97. The highest BCUT2D eigenvalue weighted by Gasteiger charge is 2.36. The molecule has 120 valence electrons. The number of nitrogens with two attached hydrogens (primary N) is 1. The summed E-state index contributed by atoms with van der Waals surface area (Å²) in [7, 11) is 0. The highest BCUT2D eigenvalue weighted by Crippen LogP contribution is 2.48. The Morgan fingerprint density at radius 2 is 1.78 bits per heavy atom. The highest BCUT2D eigenvalue weighted by atomic mass is 32.2. The molecule has 0 bridgehead atoms. The fourth-order valence-electron chi connectivity index (χ4n) is 2.94. The largest absolute Gasteiger partial charge is 0.324 e. The Bertz CT molecular complexity index is 657. The van der Waals surface area contributed by atoms with Crippen molar-refractivity contribution < 1.29 is 4.79 Å². The van der Waals surface area contributed by atoms with Gasteiger partial charge in [0.2, 0.25) is 0 Å². The number of carbonyl (C=O) groups excluding carboxylic acids is 1. The Kier molecular flexibility index (Phi) is 5.16. The van der Waals surface area contributed by atoms with E-state index in [1.165, 1.54) is 16.7 Å². The number of hydrogen-bond acceptors (Lipinski definition) is 4. The van der Waals surface area contributed by atoms with Gasteiger partial charge in [-0.2, -0.15) is 0 Å². The molecule has 0 radical (unpaired) electrons. The first kappa shape index (κ1) is 16.2. The van der Waals surface area contributed by atoms with Gasteiger partial charge in [0.05, 0.1) is 17.2 Å². The second-order valence-corrected chi connectivity index (χ2v) is 7.31. The average molecular weight is 326 g/mol. The molecular formula is C19H22N2OS. The molecule has 3 unspecified atom stereocenters. The number of nitrogens with one attached hydrogen (secondary N) is 1. The van der Waals surface area contributed by atoms with E-state index in [0.717, 1.165) is 0 Å². The Labute approximate surface area is 141 Å². The quantitative estimate of drug-likeness (QED) is 0.884. The standard InChI is InChI=1S/C19H22N2OS/c1-13-7-9-14(10-8-13)18-19(15-5-3-2-4-6-15)23-17(21-18)11-16(22)12-20/h2-10,17-19,21H,11-12,20H2,1H3. The van der Waals surface area contributed by atoms with Gasteiger partial charge in [0.15, 0.2) is 0 Å². The van der Waals surface area contributed by atoms with Crippen molar-refractivity contribution in [2.24, 2.45) is 5.73 Å². The van der Waals surface area contributed by atoms with Gasteiger partial charge in [-0.05, 0) is 18.1 Å². The second-order valence-electron chi connectivity index (χ2n) is 5.96. The Morgan fingerprint density at radius 1 is 1.09 bits per heavy atom. The highest BCUT2D eigenvalue weighted by molar-refractivity contribution is 8.00. The molecule has 2 aromatic carbocycles. The van der Waals surface area contributed by atoms with Crippen molar-refractivity contribution in [1.82, 2.24) is 5.32 Å². The van der Waals surface area contributed by atoms with Gasteiger partial charge in [-0.15, -0.1) is 11.8 Å². The second kappa shape index (κ2) is 7.30. The van der Waals surface area contributed by atoms with Gasteiger partial charge in [-0.3, -0.25) is 10.1 Å². The number of carbonyl (C=O) groups is 1. The predicted molar refractivity (Wildman–Crippen MR) is 96.3 cm³/mol. The lowest BCUT2D eigenvalue weighted by Crippen LogP contribution is -2.28. The molecule has 3 atom stereocenters. The minimum atomic E-state index is 0.103. The van der Waals surface area contributed by atoms with Crippen molar-refractivity contribution >= 4 is 17.5 Å². The third-order valence-electron chi connectivity index (χ3n) is 4.18. The van der Waals surface area contributed by atoms with Crippen LogP contribution >= 0.6 is 11.8 Å². The third-order valence-corrected chi connectivity index (χ3v) is 5.65. The summed E-state index contributed by atoms with van der Waals surface area (Å²) < 4.78 is 0. The van der Waals surface area contributed by atoms with Gasteiger partial charge in [0, 0.05) is 12.5 Å². The van der Waals surface area contributed by atoms with Crippen molar-refractivity contribution in [3.63, 3.8) is 0 Å². The number of hydrogen-bond donors (Lipinski definition) is 2. The number of benzene rings is 2. The summed E-state index contributed by atoms with van der Waals surface area (Å²) in [5.74, 6) is 0.103. The van der Waals surface area contributed by atoms with E-state index in [4.69, 9.17) is 5.73 Å². The van der Waals surface area contributed by atoms with Crippen LogP contribution in [0.4, 0.5) is 0 Å². The van der Waals surface area contributed by atoms with Gasteiger partial charge in [-0.1, -0.05) is 60.2 Å². The average Bonchev–Trinajstić information content (AvgIpc) is 3.00. The molecule has 0 spiro atoms. The van der Waals surface area contributed by atoms with Crippen LogP contribution in [-0.2, 0) is 4.79 Å². The maximum absolute atomic E-state index is 11.7. The van der Waals surface area contributed by atoms with Crippen LogP contribution < -0.4 is 11.1 Å². The Morgan fingerprint density at radius 3 is 2.43 bits per heavy atom. The molecule has 0 amide bonds. The van der Waals surface area contributed by atoms with Gasteiger partial charge < -0.3 is 5.73 Å². The van der Waals surface area contributed by atoms with E-state index in [2.05, 4.69) is 60.8 Å². The van der Waals surface area contributed by atoms with E-state index < -0.39 is 0 Å². The van der Waals surface area contributed by atoms with Gasteiger partial charge in [0.25, 0.3) is 0 Å². The van der Waals surface area contributed by atoms with Crippen LogP contribution in [0.5, 0.6) is 0 Å². The molecule has 2 aromatic rings. The molecule has 1 heterocycles. The van der Waals surface area contributed by atoms with Crippen molar-refractivity contribution in [2.75, 3.05) is 6.54 Å². The van der Waals surface area contributed by atoms with E-state index in [-0.39, 0.29) is 23.7 Å². The fourth-order valence-corrected chi connectivity index (χ4v) is 4.51. The molecular weight excluding hydrogens is 304 g/mol. The van der Waals surface area contributed by atoms with Crippen molar-refractivity contribution in [3.05, 3.63) is 71.3 Å². The maximum Gasteiger partial charge on any atom is 0.148 e. The summed E-state index contributed by atoms with van der Waals surface area (Å²) in [6.45, 7) is 2.21. The first-order chi connectivity index (χ1) is 11.2. The molecule has 23 heavy (non-hydrogen) atoms. The lowest BCUT2D eigenvalue weighted by Gasteiger charge is -2.19. The number of Topliss-reactive ketones (excluding diaryl/α,β-unsaturated/α-hetero) is 1. The Hall–Kier alpha value is -1.62. The van der Waals surface area contributed by atoms with Crippen molar-refractivity contribution in [3.8, 4) is 0 Å². The van der Waals surface area contributed by atoms with Crippen LogP contribution in [-0.4, -0.2) is 17.7 Å². The van der Waals surface area contributed by atoms with Crippen LogP contribution in [0, 0.1) is 6.92 Å². The normalized spacial score (nSPS) is 23.8. The van der Waals surface area contributed by atoms with E-state index in [9.17, 15) is 4.79 Å². The van der Waals surface area contributed by atoms with Crippen LogP contribution in [0.2, 0.25) is 0 Å². The topological polar surface area (TPSA) is 55.1 Å². The van der Waals surface area contributed by atoms with E-state index in [1.54, 1.807) is 0 Å². The van der Waals surface area contributed by atoms with Gasteiger partial charge in [0.1, 0.15) is 5.78 Å². The molecule has 3 nitrogen and oxygen atoms in total. The summed E-state index contributed by atoms with van der Waals surface area (Å²) in [6.07, 6.45) is 0.479. The Balaban J connectivity index is 1.87. The molecule has 1 aliphatic heterocycles. The number of ketones is 1. The van der Waals surface area contributed by atoms with E-state index in [0.29, 0.717) is 11.7 Å². The SMILES string of the molecule is Cc1ccc(C2NC(CC(=O)CN)SC2c2ccccc2)cc1. The third kappa shape index (κ3) is 3.83. The van der Waals surface area contributed by atoms with Crippen molar-refractivity contribution in [1.29, 1.82) is 0 Å². The predicted octanol–water partition coefficient (Wildman–Crippen LogP) is 3.36. The minimum Gasteiger partial charge on any atom is -0.324 e. The molecule has 1 fully saturated rings. The zero-order valence-electron chi connectivity index (χ0n) is 13.2.